The highest BCUT2D eigenvalue weighted by atomic mass is 79.9. The van der Waals surface area contributed by atoms with Crippen LogP contribution in [0.15, 0.2) is 28.7 Å². The van der Waals surface area contributed by atoms with E-state index in [2.05, 4.69) is 15.9 Å². The maximum Gasteiger partial charge on any atom is 0.180 e. The summed E-state index contributed by atoms with van der Waals surface area (Å²) in [5.74, 6) is -0.344. The number of benzene rings is 1. The Morgan fingerprint density at radius 1 is 1.25 bits per heavy atom. The molecule has 0 radical (unpaired) electrons. The summed E-state index contributed by atoms with van der Waals surface area (Å²) >= 11 is 3.29. The monoisotopic (exact) mass is 360 g/mol. The van der Waals surface area contributed by atoms with Crippen molar-refractivity contribution < 1.29 is 17.9 Å². The average molecular weight is 361 g/mol. The summed E-state index contributed by atoms with van der Waals surface area (Å²) in [4.78, 5) is 12.3. The summed E-state index contributed by atoms with van der Waals surface area (Å²) in [5, 5.41) is -1.47. The molecule has 0 aliphatic carbocycles. The molecule has 1 aromatic carbocycles. The lowest BCUT2D eigenvalue weighted by Gasteiger charge is -2.24. The zero-order valence-electron chi connectivity index (χ0n) is 11.2. The van der Waals surface area contributed by atoms with Crippen molar-refractivity contribution in [1.29, 1.82) is 0 Å². The Morgan fingerprint density at radius 2 is 1.80 bits per heavy atom. The molecule has 20 heavy (non-hydrogen) atoms. The standard InChI is InChI=1S/C14H17BrO4S/c1-10(14(16)11-2-4-12(15)5-3-11)20(17,18)13-6-8-19-9-7-13/h2-5,10,13H,6-9H2,1H3. The fourth-order valence-electron chi connectivity index (χ4n) is 2.29. The van der Waals surface area contributed by atoms with Crippen LogP contribution in [0.1, 0.15) is 30.1 Å². The Labute approximate surface area is 127 Å². The van der Waals surface area contributed by atoms with Gasteiger partial charge in [-0.3, -0.25) is 4.79 Å². The molecule has 0 spiro atoms. The van der Waals surface area contributed by atoms with Crippen LogP contribution in [0.25, 0.3) is 0 Å². The van der Waals surface area contributed by atoms with Crippen LogP contribution in [-0.2, 0) is 14.6 Å². The normalized spacial score (nSPS) is 18.7. The predicted octanol–water partition coefficient (Wildman–Crippen LogP) is 2.61. The summed E-state index contributed by atoms with van der Waals surface area (Å²) in [6, 6.07) is 6.76. The van der Waals surface area contributed by atoms with Gasteiger partial charge in [0, 0.05) is 23.2 Å². The topological polar surface area (TPSA) is 60.4 Å². The number of ketones is 1. The Morgan fingerprint density at radius 3 is 2.35 bits per heavy atom. The number of sulfone groups is 1. The summed E-state index contributed by atoms with van der Waals surface area (Å²) in [6.45, 7) is 2.38. The second kappa shape index (κ2) is 6.37. The predicted molar refractivity (Wildman–Crippen MR) is 80.7 cm³/mol. The van der Waals surface area contributed by atoms with Gasteiger partial charge in [0.15, 0.2) is 15.6 Å². The van der Waals surface area contributed by atoms with E-state index in [0.29, 0.717) is 31.6 Å². The molecule has 0 amide bonds. The summed E-state index contributed by atoms with van der Waals surface area (Å²) in [6.07, 6.45) is 0.945. The highest BCUT2D eigenvalue weighted by Gasteiger charge is 2.36. The molecule has 110 valence electrons. The lowest BCUT2D eigenvalue weighted by atomic mass is 10.1. The quantitative estimate of drug-likeness (QED) is 0.774. The minimum Gasteiger partial charge on any atom is -0.381 e. The molecular weight excluding hydrogens is 344 g/mol. The minimum atomic E-state index is -3.46. The first kappa shape index (κ1) is 15.7. The lowest BCUT2D eigenvalue weighted by Crippen LogP contribution is -2.38. The molecule has 0 aromatic heterocycles. The number of rotatable bonds is 4. The number of carbonyl (C=O) groups excluding carboxylic acids is 1. The molecule has 0 N–H and O–H groups in total. The first-order valence-corrected chi connectivity index (χ1v) is 8.93. The number of carbonyl (C=O) groups is 1. The molecule has 4 nitrogen and oxygen atoms in total. The summed E-state index contributed by atoms with van der Waals surface area (Å²) in [7, 11) is -3.46. The van der Waals surface area contributed by atoms with Crippen LogP contribution >= 0.6 is 15.9 Å². The van der Waals surface area contributed by atoms with E-state index in [9.17, 15) is 13.2 Å². The molecule has 1 heterocycles. The Balaban J connectivity index is 2.18. The van der Waals surface area contributed by atoms with E-state index in [1.165, 1.54) is 6.92 Å². The van der Waals surface area contributed by atoms with E-state index in [0.717, 1.165) is 4.47 Å². The summed E-state index contributed by atoms with van der Waals surface area (Å²) in [5.41, 5.74) is 0.427. The van der Waals surface area contributed by atoms with Gasteiger partial charge in [0.2, 0.25) is 0 Å². The molecule has 1 unspecified atom stereocenters. The van der Waals surface area contributed by atoms with Gasteiger partial charge in [0.05, 0.1) is 5.25 Å². The zero-order valence-corrected chi connectivity index (χ0v) is 13.6. The maximum absolute atomic E-state index is 12.5. The summed E-state index contributed by atoms with van der Waals surface area (Å²) < 4.78 is 31.0. The van der Waals surface area contributed by atoms with Gasteiger partial charge in [0.25, 0.3) is 0 Å². The van der Waals surface area contributed by atoms with Crippen LogP contribution < -0.4 is 0 Å². The number of halogens is 1. The van der Waals surface area contributed by atoms with E-state index in [1.54, 1.807) is 24.3 Å². The van der Waals surface area contributed by atoms with E-state index < -0.39 is 20.3 Å². The highest BCUT2D eigenvalue weighted by molar-refractivity contribution is 9.10. The van der Waals surface area contributed by atoms with Crippen LogP contribution in [0.3, 0.4) is 0 Å². The van der Waals surface area contributed by atoms with E-state index in [4.69, 9.17) is 4.74 Å². The van der Waals surface area contributed by atoms with Crippen LogP contribution in [0.4, 0.5) is 0 Å². The van der Waals surface area contributed by atoms with Gasteiger partial charge in [-0.25, -0.2) is 8.42 Å². The number of hydrogen-bond acceptors (Lipinski definition) is 4. The molecule has 1 saturated heterocycles. The van der Waals surface area contributed by atoms with E-state index in [-0.39, 0.29) is 5.78 Å². The third kappa shape index (κ3) is 3.30. The number of ether oxygens (including phenoxy) is 1. The van der Waals surface area contributed by atoms with Crippen molar-refractivity contribution in [2.75, 3.05) is 13.2 Å². The Bertz CT molecular complexity index is 574. The van der Waals surface area contributed by atoms with E-state index in [1.807, 2.05) is 0 Å². The van der Waals surface area contributed by atoms with Gasteiger partial charge in [-0.05, 0) is 31.9 Å². The minimum absolute atomic E-state index is 0.344. The SMILES string of the molecule is CC(C(=O)c1ccc(Br)cc1)S(=O)(=O)C1CCOCC1. The van der Waals surface area contributed by atoms with Crippen molar-refractivity contribution >= 4 is 31.6 Å². The van der Waals surface area contributed by atoms with Crippen molar-refractivity contribution in [2.45, 2.75) is 30.3 Å². The van der Waals surface area contributed by atoms with Crippen molar-refractivity contribution in [1.82, 2.24) is 0 Å². The van der Waals surface area contributed by atoms with Gasteiger partial charge in [0.1, 0.15) is 5.25 Å². The zero-order chi connectivity index (χ0) is 14.8. The average Bonchev–Trinajstić information content (AvgIpc) is 2.47. The van der Waals surface area contributed by atoms with Crippen molar-refractivity contribution in [3.8, 4) is 0 Å². The van der Waals surface area contributed by atoms with Crippen molar-refractivity contribution in [3.05, 3.63) is 34.3 Å². The second-order valence-corrected chi connectivity index (χ2v) is 8.38. The Hall–Kier alpha value is -0.720. The van der Waals surface area contributed by atoms with Crippen LogP contribution in [0.5, 0.6) is 0 Å². The van der Waals surface area contributed by atoms with Gasteiger partial charge < -0.3 is 4.74 Å². The second-order valence-electron chi connectivity index (χ2n) is 4.91. The molecule has 2 rings (SSSR count). The molecule has 1 aliphatic rings. The Kier molecular flexibility index (Phi) is 4.99. The van der Waals surface area contributed by atoms with Crippen LogP contribution in [0, 0.1) is 0 Å². The van der Waals surface area contributed by atoms with Gasteiger partial charge in [-0.1, -0.05) is 28.1 Å². The molecular formula is C14H17BrO4S. The molecule has 0 saturated carbocycles. The van der Waals surface area contributed by atoms with Crippen molar-refractivity contribution in [3.63, 3.8) is 0 Å². The van der Waals surface area contributed by atoms with Gasteiger partial charge >= 0.3 is 0 Å². The third-order valence-electron chi connectivity index (χ3n) is 3.62. The van der Waals surface area contributed by atoms with Crippen LogP contribution in [-0.4, -0.2) is 37.9 Å². The molecule has 1 aliphatic heterocycles. The number of Topliss-reactive ketones (excluding diaryl/α,β-unsaturated/α-hetero) is 1. The molecule has 1 atom stereocenters. The van der Waals surface area contributed by atoms with Gasteiger partial charge in [-0.15, -0.1) is 0 Å². The fourth-order valence-corrected chi connectivity index (χ4v) is 4.42. The largest absolute Gasteiger partial charge is 0.381 e. The highest BCUT2D eigenvalue weighted by Crippen LogP contribution is 2.23. The maximum atomic E-state index is 12.5. The first-order chi connectivity index (χ1) is 9.43. The first-order valence-electron chi connectivity index (χ1n) is 6.53. The van der Waals surface area contributed by atoms with Crippen LogP contribution in [0.2, 0.25) is 0 Å². The molecule has 1 fully saturated rings. The number of hydrogen-bond donors (Lipinski definition) is 0. The lowest BCUT2D eigenvalue weighted by molar-refractivity contribution is 0.0957. The van der Waals surface area contributed by atoms with Crippen molar-refractivity contribution in [2.24, 2.45) is 0 Å². The molecule has 6 heteroatoms. The molecule has 0 bridgehead atoms. The smallest absolute Gasteiger partial charge is 0.180 e. The van der Waals surface area contributed by atoms with Gasteiger partial charge in [-0.2, -0.15) is 0 Å². The molecule has 1 aromatic rings. The fraction of sp³-hybridized carbons (Fsp3) is 0.500. The van der Waals surface area contributed by atoms with E-state index >= 15 is 0 Å². The third-order valence-corrected chi connectivity index (χ3v) is 6.75.